The fourth-order valence-electron chi connectivity index (χ4n) is 0.241. The first-order valence-electron chi connectivity index (χ1n) is 1.49. The summed E-state index contributed by atoms with van der Waals surface area (Å²) >= 11 is 0. The molecule has 0 aromatic carbocycles. The van der Waals surface area contributed by atoms with E-state index in [9.17, 15) is 0 Å². The average molecular weight is 63.9 g/mol. The molecule has 1 nitrogen and oxygen atoms in total. The van der Waals surface area contributed by atoms with Gasteiger partial charge in [-0.2, -0.15) is 0 Å². The van der Waals surface area contributed by atoms with Crippen molar-refractivity contribution in [1.29, 1.82) is 0 Å². The van der Waals surface area contributed by atoms with Crippen molar-refractivity contribution in [3.05, 3.63) is 18.2 Å². The summed E-state index contributed by atoms with van der Waals surface area (Å²) < 4.78 is 0. The number of aromatic amines is 1. The van der Waals surface area contributed by atoms with Gasteiger partial charge in [-0.3, -0.25) is 0 Å². The van der Waals surface area contributed by atoms with Crippen LogP contribution in [0.2, 0.25) is 0 Å². The van der Waals surface area contributed by atoms with Crippen molar-refractivity contribution in [1.82, 2.24) is 4.89 Å². The third-order valence-electron chi connectivity index (χ3n) is 0.442. The molecule has 0 spiro atoms. The molecule has 0 fully saturated rings. The number of hydrogen-bond donors (Lipinski definition) is 1. The zero-order chi connectivity index (χ0) is 3.54. The second-order valence-corrected chi connectivity index (χ2v) is 0.811. The van der Waals surface area contributed by atoms with E-state index in [-0.39, 0.29) is 0 Å². The maximum atomic E-state index is 2.81. The molecular weight excluding hydrogens is 60.9 g/mol. The van der Waals surface area contributed by atoms with Crippen LogP contribution in [0.4, 0.5) is 0 Å². The molecule has 1 rings (SSSR count). The molecule has 2 heteroatoms. The van der Waals surface area contributed by atoms with Gasteiger partial charge in [0.25, 0.3) is 0 Å². The van der Waals surface area contributed by atoms with Crippen molar-refractivity contribution in [3.63, 3.8) is 0 Å². The third kappa shape index (κ3) is 0.378. The SMILES string of the molecule is b1[c]cc[nH]1. The molecule has 0 saturated heterocycles. The zero-order valence-electron chi connectivity index (χ0n) is 2.73. The van der Waals surface area contributed by atoms with Crippen LogP contribution in [0.15, 0.2) is 12.3 Å². The first-order valence-corrected chi connectivity index (χ1v) is 1.49. The van der Waals surface area contributed by atoms with Crippen molar-refractivity contribution >= 4 is 7.05 Å². The van der Waals surface area contributed by atoms with E-state index in [1.165, 1.54) is 0 Å². The van der Waals surface area contributed by atoms with E-state index in [0.29, 0.717) is 0 Å². The molecule has 0 atom stereocenters. The predicted octanol–water partition coefficient (Wildman–Crippen LogP) is 0.153. The Kier molecular flexibility index (Phi) is 0.574. The summed E-state index contributed by atoms with van der Waals surface area (Å²) in [6, 6.07) is 1.82. The molecule has 5 heavy (non-hydrogen) atoms. The molecule has 1 heterocycles. The second kappa shape index (κ2) is 1.06. The normalized spacial score (nSPS) is 7.20. The van der Waals surface area contributed by atoms with E-state index in [0.717, 1.165) is 0 Å². The van der Waals surface area contributed by atoms with Gasteiger partial charge in [0.2, 0.25) is 0 Å². The number of hydrogen-bond acceptors (Lipinski definition) is 0. The third-order valence-corrected chi connectivity index (χ3v) is 0.442. The van der Waals surface area contributed by atoms with Gasteiger partial charge in [0.15, 0.2) is 0 Å². The molecule has 0 saturated carbocycles. The Balaban J connectivity index is 3.13. The molecule has 0 aliphatic rings. The second-order valence-electron chi connectivity index (χ2n) is 0.811. The molecule has 1 N–H and O–H groups in total. The molecule has 1 aromatic rings. The first kappa shape index (κ1) is 2.70. The van der Waals surface area contributed by atoms with Crippen LogP contribution in [0.5, 0.6) is 0 Å². The molecule has 23 valence electrons. The molecule has 1 aromatic heterocycles. The quantitative estimate of drug-likeness (QED) is 0.442. The molecule has 0 aliphatic carbocycles. The molecule has 1 radical (unpaired) electrons. The summed E-state index contributed by atoms with van der Waals surface area (Å²) in [7, 11) is 1.75. The van der Waals surface area contributed by atoms with E-state index in [1.807, 2.05) is 12.3 Å². The van der Waals surface area contributed by atoms with Gasteiger partial charge in [-0.1, -0.05) is 0 Å². The van der Waals surface area contributed by atoms with Crippen LogP contribution in [0, 0.1) is 5.96 Å². The Bertz CT molecular complexity index is 63.4. The van der Waals surface area contributed by atoms with Crippen molar-refractivity contribution in [2.45, 2.75) is 0 Å². The van der Waals surface area contributed by atoms with Gasteiger partial charge in [0, 0.05) is 0 Å². The summed E-state index contributed by atoms with van der Waals surface area (Å²) in [6.07, 6.45) is 1.82. The van der Waals surface area contributed by atoms with Crippen LogP contribution < -0.4 is 0 Å². The van der Waals surface area contributed by atoms with Gasteiger partial charge in [-0.05, 0) is 0 Å². The van der Waals surface area contributed by atoms with Gasteiger partial charge in [0.05, 0.1) is 0 Å². The van der Waals surface area contributed by atoms with Crippen LogP contribution >= 0.6 is 0 Å². The summed E-state index contributed by atoms with van der Waals surface area (Å²) in [5.41, 5.74) is 0. The van der Waals surface area contributed by atoms with Crippen LogP contribution in [0.3, 0.4) is 0 Å². The van der Waals surface area contributed by atoms with Gasteiger partial charge < -0.3 is 0 Å². The summed E-state index contributed by atoms with van der Waals surface area (Å²) in [4.78, 5) is 2.81. The Labute approximate surface area is 31.3 Å². The van der Waals surface area contributed by atoms with E-state index in [2.05, 4.69) is 10.9 Å². The fraction of sp³-hybridized carbons (Fsp3) is 0. The standard InChI is InChI=1S/C3H3BN/c1-2-4-5-3-1/h1,3,5H. The minimum absolute atomic E-state index is 1.75. The molecule has 0 aliphatic heterocycles. The zero-order valence-corrected chi connectivity index (χ0v) is 2.73. The monoisotopic (exact) mass is 64.0 g/mol. The fourth-order valence-corrected chi connectivity index (χ4v) is 0.241. The number of nitrogens with one attached hydrogen (secondary N) is 1. The Morgan fingerprint density at radius 3 is 3.00 bits per heavy atom. The van der Waals surface area contributed by atoms with Gasteiger partial charge in [-0.15, -0.1) is 0 Å². The van der Waals surface area contributed by atoms with Crippen LogP contribution in [-0.2, 0) is 0 Å². The molecule has 0 bridgehead atoms. The summed E-state index contributed by atoms with van der Waals surface area (Å²) in [5.74, 6) is 2.81. The molecular formula is C3H3BN. The molecule has 0 amide bonds. The van der Waals surface area contributed by atoms with E-state index in [1.54, 1.807) is 7.05 Å². The number of H-pyrrole nitrogens is 1. The van der Waals surface area contributed by atoms with Crippen LogP contribution in [-0.4, -0.2) is 11.9 Å². The predicted molar refractivity (Wildman–Crippen MR) is 21.0 cm³/mol. The van der Waals surface area contributed by atoms with E-state index < -0.39 is 0 Å². The summed E-state index contributed by atoms with van der Waals surface area (Å²) in [6.45, 7) is 0. The topological polar surface area (TPSA) is 15.8 Å². The first-order chi connectivity index (χ1) is 2.50. The average Bonchev–Trinajstić information content (AvgIpc) is 1.76. The van der Waals surface area contributed by atoms with Gasteiger partial charge >= 0.3 is 30.2 Å². The van der Waals surface area contributed by atoms with E-state index >= 15 is 0 Å². The van der Waals surface area contributed by atoms with Crippen molar-refractivity contribution < 1.29 is 0 Å². The van der Waals surface area contributed by atoms with Gasteiger partial charge in [-0.25, -0.2) is 0 Å². The van der Waals surface area contributed by atoms with Crippen molar-refractivity contribution in [3.8, 4) is 0 Å². The number of rotatable bonds is 0. The minimum atomic E-state index is 1.75. The Morgan fingerprint density at radius 1 is 1.80 bits per heavy atom. The maximum absolute atomic E-state index is 2.81. The van der Waals surface area contributed by atoms with Crippen LogP contribution in [0.25, 0.3) is 0 Å². The Morgan fingerprint density at radius 2 is 2.80 bits per heavy atom. The van der Waals surface area contributed by atoms with Gasteiger partial charge in [0.1, 0.15) is 0 Å². The van der Waals surface area contributed by atoms with E-state index in [4.69, 9.17) is 0 Å². The molecule has 0 unspecified atom stereocenters. The van der Waals surface area contributed by atoms with Crippen molar-refractivity contribution in [2.75, 3.05) is 0 Å². The summed E-state index contributed by atoms with van der Waals surface area (Å²) in [5, 5.41) is 0. The number of aromatic nitrogens is 1. The van der Waals surface area contributed by atoms with Crippen LogP contribution in [0.1, 0.15) is 0 Å². The Hall–Kier alpha value is -0.525. The van der Waals surface area contributed by atoms with Crippen molar-refractivity contribution in [2.24, 2.45) is 0 Å².